The summed E-state index contributed by atoms with van der Waals surface area (Å²) in [5.41, 5.74) is 6.64. The molecule has 1 aliphatic heterocycles. The lowest BCUT2D eigenvalue weighted by Crippen LogP contribution is -2.35. The van der Waals surface area contributed by atoms with Crippen LogP contribution in [0.5, 0.6) is 0 Å². The van der Waals surface area contributed by atoms with E-state index in [-0.39, 0.29) is 5.97 Å². The number of carbonyl (C=O) groups is 1. The SMILES string of the molecule is CCOC(=O)C(N)Cc1cnc(N2CCC(C)CC2)nc1. The normalized spacial score (nSPS) is 17.6. The first-order chi connectivity index (χ1) is 10.1. The number of hydrogen-bond acceptors (Lipinski definition) is 6. The molecule has 21 heavy (non-hydrogen) atoms. The lowest BCUT2D eigenvalue weighted by atomic mass is 10.00. The van der Waals surface area contributed by atoms with Crippen LogP contribution in [0.4, 0.5) is 5.95 Å². The second-order valence-corrected chi connectivity index (χ2v) is 5.62. The zero-order valence-corrected chi connectivity index (χ0v) is 12.8. The van der Waals surface area contributed by atoms with Crippen LogP contribution in [0.15, 0.2) is 12.4 Å². The summed E-state index contributed by atoms with van der Waals surface area (Å²) in [6.07, 6.45) is 6.26. The monoisotopic (exact) mass is 292 g/mol. The van der Waals surface area contributed by atoms with Gasteiger partial charge in [-0.3, -0.25) is 4.79 Å². The standard InChI is InChI=1S/C15H24N4O2/c1-3-21-14(20)13(16)8-12-9-17-15(18-10-12)19-6-4-11(2)5-7-19/h9-11,13H,3-8,16H2,1-2H3. The second-order valence-electron chi connectivity index (χ2n) is 5.62. The third-order valence-electron chi connectivity index (χ3n) is 3.80. The number of piperidine rings is 1. The lowest BCUT2D eigenvalue weighted by molar-refractivity contribution is -0.144. The third kappa shape index (κ3) is 4.39. The minimum atomic E-state index is -0.657. The second kappa shape index (κ2) is 7.36. The maximum atomic E-state index is 11.5. The van der Waals surface area contributed by atoms with Gasteiger partial charge < -0.3 is 15.4 Å². The molecule has 1 fully saturated rings. The summed E-state index contributed by atoms with van der Waals surface area (Å²) in [6.45, 7) is 6.39. The van der Waals surface area contributed by atoms with Gasteiger partial charge in [0.25, 0.3) is 0 Å². The topological polar surface area (TPSA) is 81.3 Å². The van der Waals surface area contributed by atoms with E-state index in [1.165, 1.54) is 12.8 Å². The van der Waals surface area contributed by atoms with Gasteiger partial charge in [0.2, 0.25) is 5.95 Å². The molecule has 116 valence electrons. The molecular weight excluding hydrogens is 268 g/mol. The first-order valence-corrected chi connectivity index (χ1v) is 7.58. The zero-order valence-electron chi connectivity index (χ0n) is 12.8. The van der Waals surface area contributed by atoms with Gasteiger partial charge in [0.15, 0.2) is 0 Å². The molecule has 6 nitrogen and oxygen atoms in total. The smallest absolute Gasteiger partial charge is 0.323 e. The van der Waals surface area contributed by atoms with E-state index in [1.807, 2.05) is 0 Å². The van der Waals surface area contributed by atoms with Crippen molar-refractivity contribution in [2.24, 2.45) is 11.7 Å². The maximum absolute atomic E-state index is 11.5. The number of carbonyl (C=O) groups excluding carboxylic acids is 1. The number of ether oxygens (including phenoxy) is 1. The molecule has 0 bridgehead atoms. The van der Waals surface area contributed by atoms with Crippen molar-refractivity contribution in [1.82, 2.24) is 9.97 Å². The number of esters is 1. The highest BCUT2D eigenvalue weighted by atomic mass is 16.5. The molecule has 1 atom stereocenters. The molecule has 0 amide bonds. The summed E-state index contributed by atoms with van der Waals surface area (Å²) in [5, 5.41) is 0. The van der Waals surface area contributed by atoms with Crippen LogP contribution in [-0.2, 0) is 16.0 Å². The Labute approximate surface area is 125 Å². The average Bonchev–Trinajstić information content (AvgIpc) is 2.49. The predicted octanol–water partition coefficient (Wildman–Crippen LogP) is 1.15. The van der Waals surface area contributed by atoms with Crippen molar-refractivity contribution in [1.29, 1.82) is 0 Å². The van der Waals surface area contributed by atoms with Crippen LogP contribution in [0, 0.1) is 5.92 Å². The Hall–Kier alpha value is -1.69. The fraction of sp³-hybridized carbons (Fsp3) is 0.667. The number of anilines is 1. The van der Waals surface area contributed by atoms with Gasteiger partial charge in [0.1, 0.15) is 6.04 Å². The van der Waals surface area contributed by atoms with E-state index in [9.17, 15) is 4.79 Å². The fourth-order valence-electron chi connectivity index (χ4n) is 2.41. The Bertz CT molecular complexity index is 455. The van der Waals surface area contributed by atoms with Crippen molar-refractivity contribution in [3.63, 3.8) is 0 Å². The number of nitrogens with two attached hydrogens (primary N) is 1. The highest BCUT2D eigenvalue weighted by Gasteiger charge is 2.19. The van der Waals surface area contributed by atoms with Gasteiger partial charge in [-0.05, 0) is 31.2 Å². The van der Waals surface area contributed by atoms with Gasteiger partial charge in [0, 0.05) is 31.9 Å². The largest absolute Gasteiger partial charge is 0.465 e. The van der Waals surface area contributed by atoms with E-state index in [0.717, 1.165) is 30.5 Å². The Kier molecular flexibility index (Phi) is 5.50. The molecule has 0 radical (unpaired) electrons. The van der Waals surface area contributed by atoms with Crippen LogP contribution in [0.25, 0.3) is 0 Å². The van der Waals surface area contributed by atoms with Crippen LogP contribution in [0.2, 0.25) is 0 Å². The van der Waals surface area contributed by atoms with E-state index in [1.54, 1.807) is 19.3 Å². The summed E-state index contributed by atoms with van der Waals surface area (Å²) in [6, 6.07) is -0.657. The van der Waals surface area contributed by atoms with Gasteiger partial charge in [-0.15, -0.1) is 0 Å². The van der Waals surface area contributed by atoms with Crippen LogP contribution in [0.3, 0.4) is 0 Å². The van der Waals surface area contributed by atoms with Crippen molar-refractivity contribution in [2.75, 3.05) is 24.6 Å². The zero-order chi connectivity index (χ0) is 15.2. The van der Waals surface area contributed by atoms with E-state index in [2.05, 4.69) is 21.8 Å². The molecule has 1 aromatic rings. The molecule has 1 saturated heterocycles. The van der Waals surface area contributed by atoms with Crippen molar-refractivity contribution >= 4 is 11.9 Å². The minimum absolute atomic E-state index is 0.343. The van der Waals surface area contributed by atoms with Gasteiger partial charge in [-0.1, -0.05) is 6.92 Å². The molecule has 0 aromatic carbocycles. The molecular formula is C15H24N4O2. The van der Waals surface area contributed by atoms with E-state index in [0.29, 0.717) is 13.0 Å². The number of rotatable bonds is 5. The number of hydrogen-bond donors (Lipinski definition) is 1. The molecule has 1 aromatic heterocycles. The van der Waals surface area contributed by atoms with Crippen molar-refractivity contribution < 1.29 is 9.53 Å². The molecule has 1 aliphatic rings. The number of nitrogens with zero attached hydrogens (tertiary/aromatic N) is 3. The van der Waals surface area contributed by atoms with Gasteiger partial charge in [0.05, 0.1) is 6.61 Å². The molecule has 0 spiro atoms. The molecule has 0 saturated carbocycles. The van der Waals surface area contributed by atoms with Crippen LogP contribution < -0.4 is 10.6 Å². The predicted molar refractivity (Wildman–Crippen MR) is 81.0 cm³/mol. The lowest BCUT2D eigenvalue weighted by Gasteiger charge is -2.30. The molecule has 6 heteroatoms. The highest BCUT2D eigenvalue weighted by Crippen LogP contribution is 2.19. The van der Waals surface area contributed by atoms with Crippen molar-refractivity contribution in [3.05, 3.63) is 18.0 Å². The van der Waals surface area contributed by atoms with Gasteiger partial charge in [-0.25, -0.2) is 9.97 Å². The van der Waals surface area contributed by atoms with E-state index >= 15 is 0 Å². The molecule has 2 heterocycles. The Morgan fingerprint density at radius 1 is 1.43 bits per heavy atom. The van der Waals surface area contributed by atoms with Crippen molar-refractivity contribution in [3.8, 4) is 0 Å². The summed E-state index contributed by atoms with van der Waals surface area (Å²) >= 11 is 0. The summed E-state index contributed by atoms with van der Waals surface area (Å²) in [5.74, 6) is 1.16. The first-order valence-electron chi connectivity index (χ1n) is 7.58. The Balaban J connectivity index is 1.91. The fourth-order valence-corrected chi connectivity index (χ4v) is 2.41. The van der Waals surface area contributed by atoms with E-state index in [4.69, 9.17) is 10.5 Å². The van der Waals surface area contributed by atoms with Gasteiger partial charge in [-0.2, -0.15) is 0 Å². The quantitative estimate of drug-likeness (QED) is 0.820. The van der Waals surface area contributed by atoms with E-state index < -0.39 is 6.04 Å². The minimum Gasteiger partial charge on any atom is -0.465 e. The number of aromatic nitrogens is 2. The van der Waals surface area contributed by atoms with Gasteiger partial charge >= 0.3 is 5.97 Å². The third-order valence-corrected chi connectivity index (χ3v) is 3.80. The van der Waals surface area contributed by atoms with Crippen LogP contribution >= 0.6 is 0 Å². The molecule has 1 unspecified atom stereocenters. The Morgan fingerprint density at radius 3 is 2.62 bits per heavy atom. The summed E-state index contributed by atoms with van der Waals surface area (Å²) in [4.78, 5) is 22.5. The molecule has 2 rings (SSSR count). The average molecular weight is 292 g/mol. The Morgan fingerprint density at radius 2 is 2.05 bits per heavy atom. The summed E-state index contributed by atoms with van der Waals surface area (Å²) < 4.78 is 4.89. The first kappa shape index (κ1) is 15.7. The van der Waals surface area contributed by atoms with Crippen molar-refractivity contribution in [2.45, 2.75) is 39.2 Å². The molecule has 2 N–H and O–H groups in total. The highest BCUT2D eigenvalue weighted by molar-refractivity contribution is 5.75. The van der Waals surface area contributed by atoms with Crippen LogP contribution in [-0.4, -0.2) is 41.7 Å². The summed E-state index contributed by atoms with van der Waals surface area (Å²) in [7, 11) is 0. The molecule has 0 aliphatic carbocycles. The maximum Gasteiger partial charge on any atom is 0.323 e. The van der Waals surface area contributed by atoms with Crippen LogP contribution in [0.1, 0.15) is 32.3 Å².